The fraction of sp³-hybridized carbons (Fsp3) is 0.125. The molecule has 12 heteroatoms. The number of furan rings is 1. The van der Waals surface area contributed by atoms with Crippen molar-refractivity contribution in [3.8, 4) is 17.1 Å². The van der Waals surface area contributed by atoms with E-state index in [1.54, 1.807) is 29.0 Å². The fourth-order valence-electron chi connectivity index (χ4n) is 2.34. The van der Waals surface area contributed by atoms with Crippen LogP contribution in [0.2, 0.25) is 0 Å². The lowest BCUT2D eigenvalue weighted by Crippen LogP contribution is -2.18. The molecule has 0 aliphatic heterocycles. The maximum atomic E-state index is 12.6. The molecule has 142 valence electrons. The summed E-state index contributed by atoms with van der Waals surface area (Å²) in [5.74, 6) is 0.745. The number of rotatable bonds is 6. The Kier molecular flexibility index (Phi) is 4.95. The molecule has 0 saturated heterocycles. The number of nitrogens with zero attached hydrogens (tertiary/aromatic N) is 5. The third-order valence-corrected chi connectivity index (χ3v) is 5.26. The smallest absolute Gasteiger partial charge is 0.269 e. The van der Waals surface area contributed by atoms with Gasteiger partial charge in [0.1, 0.15) is 22.7 Å². The van der Waals surface area contributed by atoms with Crippen molar-refractivity contribution in [1.82, 2.24) is 30.5 Å². The highest BCUT2D eigenvalue weighted by Gasteiger charge is 2.18. The van der Waals surface area contributed by atoms with Crippen LogP contribution in [0.5, 0.6) is 0 Å². The molecule has 0 unspecified atom stereocenters. The van der Waals surface area contributed by atoms with E-state index in [0.717, 1.165) is 0 Å². The van der Waals surface area contributed by atoms with Crippen LogP contribution in [0.1, 0.15) is 22.4 Å². The Morgan fingerprint density at radius 2 is 2.14 bits per heavy atom. The zero-order valence-electron chi connectivity index (χ0n) is 14.4. The number of anilines is 1. The maximum absolute atomic E-state index is 12.6. The Morgan fingerprint density at radius 3 is 2.93 bits per heavy atom. The summed E-state index contributed by atoms with van der Waals surface area (Å²) in [5.41, 5.74) is 1.19. The van der Waals surface area contributed by atoms with Crippen LogP contribution in [0.4, 0.5) is 5.13 Å². The van der Waals surface area contributed by atoms with Gasteiger partial charge in [-0.15, -0.1) is 27.8 Å². The SMILES string of the molecule is CC(=O)NCc1ccc(-c2csc(NC(=O)c3sccc3-n3cnnn3)n2)o1. The van der Waals surface area contributed by atoms with Gasteiger partial charge in [-0.05, 0) is 34.0 Å². The topological polar surface area (TPSA) is 128 Å². The maximum Gasteiger partial charge on any atom is 0.269 e. The number of tetrazole rings is 1. The highest BCUT2D eigenvalue weighted by Crippen LogP contribution is 2.28. The lowest BCUT2D eigenvalue weighted by molar-refractivity contribution is -0.119. The van der Waals surface area contributed by atoms with Crippen LogP contribution < -0.4 is 10.6 Å². The first-order chi connectivity index (χ1) is 13.6. The van der Waals surface area contributed by atoms with Gasteiger partial charge in [-0.1, -0.05) is 0 Å². The van der Waals surface area contributed by atoms with E-state index in [9.17, 15) is 9.59 Å². The Labute approximate surface area is 166 Å². The number of hydrogen-bond donors (Lipinski definition) is 2. The van der Waals surface area contributed by atoms with Gasteiger partial charge in [0.05, 0.1) is 12.2 Å². The van der Waals surface area contributed by atoms with Gasteiger partial charge in [-0.25, -0.2) is 4.98 Å². The van der Waals surface area contributed by atoms with E-state index in [2.05, 4.69) is 31.1 Å². The molecule has 0 saturated carbocycles. The lowest BCUT2D eigenvalue weighted by atomic mass is 10.3. The number of hydrogen-bond acceptors (Lipinski definition) is 9. The molecule has 4 aromatic heterocycles. The summed E-state index contributed by atoms with van der Waals surface area (Å²) in [4.78, 5) is 28.5. The summed E-state index contributed by atoms with van der Waals surface area (Å²) in [6, 6.07) is 5.31. The average molecular weight is 415 g/mol. The normalized spacial score (nSPS) is 10.8. The van der Waals surface area contributed by atoms with E-state index in [0.29, 0.717) is 39.5 Å². The van der Waals surface area contributed by atoms with Crippen molar-refractivity contribution >= 4 is 39.6 Å². The summed E-state index contributed by atoms with van der Waals surface area (Å²) in [5, 5.41) is 20.4. The highest BCUT2D eigenvalue weighted by atomic mass is 32.1. The molecular formula is C16H13N7O3S2. The van der Waals surface area contributed by atoms with Gasteiger partial charge in [0.15, 0.2) is 10.9 Å². The van der Waals surface area contributed by atoms with Crippen LogP contribution in [0.25, 0.3) is 17.1 Å². The second kappa shape index (κ2) is 7.70. The summed E-state index contributed by atoms with van der Waals surface area (Å²) in [7, 11) is 0. The van der Waals surface area contributed by atoms with Gasteiger partial charge < -0.3 is 9.73 Å². The average Bonchev–Trinajstić information content (AvgIpc) is 3.46. The highest BCUT2D eigenvalue weighted by molar-refractivity contribution is 7.15. The van der Waals surface area contributed by atoms with Crippen molar-refractivity contribution in [2.75, 3.05) is 5.32 Å². The van der Waals surface area contributed by atoms with E-state index in [-0.39, 0.29) is 11.8 Å². The molecule has 0 atom stereocenters. The summed E-state index contributed by atoms with van der Waals surface area (Å²) >= 11 is 2.57. The molecule has 0 aromatic carbocycles. The second-order valence-electron chi connectivity index (χ2n) is 5.56. The minimum absolute atomic E-state index is 0.133. The minimum Gasteiger partial charge on any atom is -0.458 e. The zero-order chi connectivity index (χ0) is 19.5. The molecule has 0 aliphatic rings. The van der Waals surface area contributed by atoms with E-state index >= 15 is 0 Å². The van der Waals surface area contributed by atoms with Crippen LogP contribution in [0.3, 0.4) is 0 Å². The predicted molar refractivity (Wildman–Crippen MR) is 102 cm³/mol. The van der Waals surface area contributed by atoms with Crippen LogP contribution in [0, 0.1) is 0 Å². The molecule has 0 bridgehead atoms. The van der Waals surface area contributed by atoms with Crippen molar-refractivity contribution in [3.63, 3.8) is 0 Å². The van der Waals surface area contributed by atoms with Crippen molar-refractivity contribution < 1.29 is 14.0 Å². The second-order valence-corrected chi connectivity index (χ2v) is 7.33. The number of thiophene rings is 1. The van der Waals surface area contributed by atoms with Crippen LogP contribution in [-0.4, -0.2) is 37.0 Å². The van der Waals surface area contributed by atoms with E-state index in [1.165, 1.54) is 40.6 Å². The van der Waals surface area contributed by atoms with Gasteiger partial charge in [0.2, 0.25) is 5.91 Å². The van der Waals surface area contributed by atoms with Crippen LogP contribution in [0.15, 0.2) is 39.7 Å². The molecule has 4 aromatic rings. The molecular weight excluding hydrogens is 402 g/mol. The fourth-order valence-corrected chi connectivity index (χ4v) is 3.81. The Bertz CT molecular complexity index is 1110. The number of amides is 2. The zero-order valence-corrected chi connectivity index (χ0v) is 16.1. The quantitative estimate of drug-likeness (QED) is 0.494. The minimum atomic E-state index is -0.299. The number of carbonyl (C=O) groups is 2. The molecule has 0 radical (unpaired) electrons. The summed E-state index contributed by atoms with van der Waals surface area (Å²) in [6.45, 7) is 1.75. The van der Waals surface area contributed by atoms with Gasteiger partial charge in [0, 0.05) is 12.3 Å². The van der Waals surface area contributed by atoms with Crippen molar-refractivity contribution in [2.45, 2.75) is 13.5 Å². The third kappa shape index (κ3) is 3.82. The first-order valence-corrected chi connectivity index (χ1v) is 9.77. The van der Waals surface area contributed by atoms with E-state index < -0.39 is 0 Å². The number of nitrogens with one attached hydrogen (secondary N) is 2. The van der Waals surface area contributed by atoms with Crippen LogP contribution >= 0.6 is 22.7 Å². The molecule has 2 N–H and O–H groups in total. The van der Waals surface area contributed by atoms with E-state index in [1.807, 2.05) is 0 Å². The summed E-state index contributed by atoms with van der Waals surface area (Å²) < 4.78 is 7.10. The number of carbonyl (C=O) groups excluding carboxylic acids is 2. The van der Waals surface area contributed by atoms with Crippen molar-refractivity contribution in [2.24, 2.45) is 0 Å². The molecule has 10 nitrogen and oxygen atoms in total. The molecule has 4 heterocycles. The Hall–Kier alpha value is -3.38. The molecule has 28 heavy (non-hydrogen) atoms. The van der Waals surface area contributed by atoms with Crippen molar-refractivity contribution in [1.29, 1.82) is 0 Å². The first-order valence-electron chi connectivity index (χ1n) is 8.01. The largest absolute Gasteiger partial charge is 0.458 e. The van der Waals surface area contributed by atoms with Crippen molar-refractivity contribution in [3.05, 3.63) is 45.9 Å². The first kappa shape index (κ1) is 18.0. The third-order valence-electron chi connectivity index (χ3n) is 3.60. The van der Waals surface area contributed by atoms with E-state index in [4.69, 9.17) is 4.42 Å². The van der Waals surface area contributed by atoms with Gasteiger partial charge in [-0.3, -0.25) is 14.9 Å². The predicted octanol–water partition coefficient (Wildman–Crippen LogP) is 2.33. The Balaban J connectivity index is 1.46. The lowest BCUT2D eigenvalue weighted by Gasteiger charge is -2.02. The monoisotopic (exact) mass is 415 g/mol. The molecule has 4 rings (SSSR count). The van der Waals surface area contributed by atoms with Gasteiger partial charge >= 0.3 is 0 Å². The van der Waals surface area contributed by atoms with Gasteiger partial charge in [0.25, 0.3) is 5.91 Å². The standard InChI is InChI=1S/C16H13N7O3S2/c1-9(24)17-6-10-2-3-13(26-10)11-7-28-16(19-11)20-15(25)14-12(4-5-27-14)23-8-18-21-22-23/h2-5,7-8H,6H2,1H3,(H,17,24)(H,19,20,25). The van der Waals surface area contributed by atoms with Crippen LogP contribution in [-0.2, 0) is 11.3 Å². The molecule has 0 fully saturated rings. The molecule has 2 amide bonds. The number of aromatic nitrogens is 5. The Morgan fingerprint density at radius 1 is 1.25 bits per heavy atom. The van der Waals surface area contributed by atoms with Gasteiger partial charge in [-0.2, -0.15) is 4.68 Å². The number of thiazole rings is 1. The summed E-state index contributed by atoms with van der Waals surface area (Å²) in [6.07, 6.45) is 1.43. The molecule has 0 aliphatic carbocycles. The molecule has 0 spiro atoms.